The lowest BCUT2D eigenvalue weighted by Gasteiger charge is -2.15. The van der Waals surface area contributed by atoms with Crippen molar-refractivity contribution in [2.45, 2.75) is 19.9 Å². The van der Waals surface area contributed by atoms with Crippen molar-refractivity contribution < 1.29 is 14.3 Å². The Morgan fingerprint density at radius 2 is 2.15 bits per heavy atom. The van der Waals surface area contributed by atoms with Gasteiger partial charge in [0.1, 0.15) is 5.82 Å². The molecule has 0 saturated heterocycles. The van der Waals surface area contributed by atoms with Gasteiger partial charge in [-0.15, -0.1) is 11.3 Å². The van der Waals surface area contributed by atoms with Gasteiger partial charge in [-0.2, -0.15) is 0 Å². The molecule has 1 unspecified atom stereocenters. The van der Waals surface area contributed by atoms with Crippen LogP contribution in [0.5, 0.6) is 0 Å². The van der Waals surface area contributed by atoms with Crippen molar-refractivity contribution in [2.24, 2.45) is 0 Å². The van der Waals surface area contributed by atoms with E-state index in [-0.39, 0.29) is 23.0 Å². The van der Waals surface area contributed by atoms with Crippen molar-refractivity contribution in [3.63, 3.8) is 0 Å². The monoisotopic (exact) mass is 294 g/mol. The highest BCUT2D eigenvalue weighted by Gasteiger charge is 2.15. The largest absolute Gasteiger partial charge is 0.478 e. The summed E-state index contributed by atoms with van der Waals surface area (Å²) in [5.74, 6) is -1.74. The molecular weight excluding hydrogens is 279 g/mol. The summed E-state index contributed by atoms with van der Waals surface area (Å²) in [6, 6.07) is 6.08. The molecule has 6 heteroatoms. The number of aryl methyl sites for hydroxylation is 1. The number of carbonyl (C=O) groups is 1. The summed E-state index contributed by atoms with van der Waals surface area (Å²) in [5.41, 5.74) is 5.43. The molecule has 0 fully saturated rings. The standard InChI is InChI=1S/C14H15FN2O2S/c1-7-3-4-13(20-7)8(2)17-12-5-9(14(18)19)11(16)6-10(12)15/h3-6,8,17H,16H2,1-2H3,(H,18,19). The van der Waals surface area contributed by atoms with Crippen LogP contribution in [0.3, 0.4) is 0 Å². The fourth-order valence-corrected chi connectivity index (χ4v) is 2.75. The molecule has 2 aromatic rings. The molecule has 0 bridgehead atoms. The third-order valence-electron chi connectivity index (χ3n) is 2.93. The third kappa shape index (κ3) is 2.91. The summed E-state index contributed by atoms with van der Waals surface area (Å²) in [6.07, 6.45) is 0. The maximum Gasteiger partial charge on any atom is 0.337 e. The number of nitrogens with two attached hydrogens (primary N) is 1. The number of thiophene rings is 1. The van der Waals surface area contributed by atoms with Crippen LogP contribution in [0.2, 0.25) is 0 Å². The Morgan fingerprint density at radius 1 is 1.45 bits per heavy atom. The van der Waals surface area contributed by atoms with Gasteiger partial charge in [-0.05, 0) is 38.1 Å². The SMILES string of the molecule is Cc1ccc(C(C)Nc2cc(C(=O)O)c(N)cc2F)s1. The van der Waals surface area contributed by atoms with Gasteiger partial charge in [-0.25, -0.2) is 9.18 Å². The molecule has 0 saturated carbocycles. The van der Waals surface area contributed by atoms with Crippen LogP contribution in [0.25, 0.3) is 0 Å². The van der Waals surface area contributed by atoms with E-state index in [1.807, 2.05) is 26.0 Å². The second kappa shape index (κ2) is 5.50. The third-order valence-corrected chi connectivity index (χ3v) is 4.11. The Hall–Kier alpha value is -2.08. The quantitative estimate of drug-likeness (QED) is 0.752. The number of carboxylic acid groups (broad SMARTS) is 1. The molecule has 0 radical (unpaired) electrons. The van der Waals surface area contributed by atoms with Gasteiger partial charge in [0.15, 0.2) is 0 Å². The summed E-state index contributed by atoms with van der Waals surface area (Å²) in [7, 11) is 0. The van der Waals surface area contributed by atoms with Crippen LogP contribution in [0.1, 0.15) is 33.1 Å². The van der Waals surface area contributed by atoms with E-state index in [0.29, 0.717) is 0 Å². The summed E-state index contributed by atoms with van der Waals surface area (Å²) < 4.78 is 13.8. The van der Waals surface area contributed by atoms with Crippen LogP contribution < -0.4 is 11.1 Å². The van der Waals surface area contributed by atoms with Crippen LogP contribution in [-0.4, -0.2) is 11.1 Å². The topological polar surface area (TPSA) is 75.3 Å². The second-order valence-corrected chi connectivity index (χ2v) is 5.86. The van der Waals surface area contributed by atoms with Crippen molar-refractivity contribution in [3.05, 3.63) is 45.4 Å². The molecule has 2 rings (SSSR count). The molecule has 1 aromatic heterocycles. The van der Waals surface area contributed by atoms with Crippen molar-refractivity contribution in [1.29, 1.82) is 0 Å². The van der Waals surface area contributed by atoms with Crippen molar-refractivity contribution in [3.8, 4) is 0 Å². The molecule has 0 aliphatic rings. The summed E-state index contributed by atoms with van der Waals surface area (Å²) in [6.45, 7) is 3.88. The summed E-state index contributed by atoms with van der Waals surface area (Å²) >= 11 is 1.61. The molecular formula is C14H15FN2O2S. The second-order valence-electron chi connectivity index (χ2n) is 4.54. The number of aromatic carboxylic acids is 1. The van der Waals surface area contributed by atoms with Crippen molar-refractivity contribution in [1.82, 2.24) is 0 Å². The normalized spacial score (nSPS) is 12.2. The van der Waals surface area contributed by atoms with E-state index in [1.165, 1.54) is 6.07 Å². The Bertz CT molecular complexity index is 655. The minimum atomic E-state index is -1.18. The number of anilines is 2. The van der Waals surface area contributed by atoms with Gasteiger partial charge in [0.05, 0.1) is 17.3 Å². The van der Waals surface area contributed by atoms with E-state index in [0.717, 1.165) is 15.8 Å². The van der Waals surface area contributed by atoms with Crippen molar-refractivity contribution >= 4 is 28.7 Å². The molecule has 0 spiro atoms. The fraction of sp³-hybridized carbons (Fsp3) is 0.214. The molecule has 1 heterocycles. The Labute approximate surface area is 120 Å². The zero-order chi connectivity index (χ0) is 14.9. The first-order valence-electron chi connectivity index (χ1n) is 6.03. The van der Waals surface area contributed by atoms with E-state index in [2.05, 4.69) is 5.32 Å². The highest BCUT2D eigenvalue weighted by Crippen LogP contribution is 2.29. The van der Waals surface area contributed by atoms with Crippen LogP contribution in [0.4, 0.5) is 15.8 Å². The number of hydrogen-bond donors (Lipinski definition) is 3. The summed E-state index contributed by atoms with van der Waals surface area (Å²) in [5, 5.41) is 12.0. The lowest BCUT2D eigenvalue weighted by molar-refractivity contribution is 0.0698. The molecule has 20 heavy (non-hydrogen) atoms. The minimum Gasteiger partial charge on any atom is -0.478 e. The van der Waals surface area contributed by atoms with Gasteiger partial charge in [0.25, 0.3) is 0 Å². The average molecular weight is 294 g/mol. The lowest BCUT2D eigenvalue weighted by Crippen LogP contribution is -2.10. The molecule has 1 aromatic carbocycles. The smallest absolute Gasteiger partial charge is 0.337 e. The van der Waals surface area contributed by atoms with Gasteiger partial charge in [-0.3, -0.25) is 0 Å². The zero-order valence-corrected chi connectivity index (χ0v) is 11.9. The average Bonchev–Trinajstić information content (AvgIpc) is 2.79. The number of nitrogens with one attached hydrogen (secondary N) is 1. The van der Waals surface area contributed by atoms with Crippen LogP contribution in [0.15, 0.2) is 24.3 Å². The number of rotatable bonds is 4. The first-order valence-corrected chi connectivity index (χ1v) is 6.85. The number of benzene rings is 1. The maximum absolute atomic E-state index is 13.8. The van der Waals surface area contributed by atoms with Gasteiger partial charge in [-0.1, -0.05) is 0 Å². The van der Waals surface area contributed by atoms with Crippen LogP contribution >= 0.6 is 11.3 Å². The Kier molecular flexibility index (Phi) is 3.94. The van der Waals surface area contributed by atoms with Gasteiger partial charge >= 0.3 is 5.97 Å². The Morgan fingerprint density at radius 3 is 2.70 bits per heavy atom. The molecule has 0 aliphatic carbocycles. The number of halogens is 1. The predicted octanol–water partition coefficient (Wildman–Crippen LogP) is 3.65. The highest BCUT2D eigenvalue weighted by atomic mass is 32.1. The van der Waals surface area contributed by atoms with Crippen LogP contribution in [-0.2, 0) is 0 Å². The number of carboxylic acids is 1. The molecule has 4 nitrogen and oxygen atoms in total. The van der Waals surface area contributed by atoms with Gasteiger partial charge in [0, 0.05) is 15.4 Å². The minimum absolute atomic E-state index is 0.0832. The first kappa shape index (κ1) is 14.3. The number of nitrogen functional groups attached to an aromatic ring is 1. The van der Waals surface area contributed by atoms with E-state index in [1.54, 1.807) is 11.3 Å². The highest BCUT2D eigenvalue weighted by molar-refractivity contribution is 7.12. The predicted molar refractivity (Wildman–Crippen MR) is 78.9 cm³/mol. The van der Waals surface area contributed by atoms with Gasteiger partial charge in [0.2, 0.25) is 0 Å². The maximum atomic E-state index is 13.8. The van der Waals surface area contributed by atoms with E-state index >= 15 is 0 Å². The molecule has 4 N–H and O–H groups in total. The molecule has 0 aliphatic heterocycles. The van der Waals surface area contributed by atoms with Crippen molar-refractivity contribution in [2.75, 3.05) is 11.1 Å². The van der Waals surface area contributed by atoms with Gasteiger partial charge < -0.3 is 16.2 Å². The zero-order valence-electron chi connectivity index (χ0n) is 11.1. The Balaban J connectivity index is 2.29. The molecule has 106 valence electrons. The number of hydrogen-bond acceptors (Lipinski definition) is 4. The van der Waals surface area contributed by atoms with E-state index in [4.69, 9.17) is 10.8 Å². The first-order chi connectivity index (χ1) is 9.38. The fourth-order valence-electron chi connectivity index (χ4n) is 1.87. The summed E-state index contributed by atoms with van der Waals surface area (Å²) in [4.78, 5) is 13.2. The van der Waals surface area contributed by atoms with E-state index in [9.17, 15) is 9.18 Å². The molecule has 0 amide bonds. The molecule has 1 atom stereocenters. The lowest BCUT2D eigenvalue weighted by atomic mass is 10.1. The van der Waals surface area contributed by atoms with E-state index < -0.39 is 11.8 Å². The van der Waals surface area contributed by atoms with Crippen LogP contribution in [0, 0.1) is 12.7 Å².